The third-order valence-electron chi connectivity index (χ3n) is 17.2. The van der Waals surface area contributed by atoms with Crippen LogP contribution >= 0.6 is 0 Å². The molecule has 14 rings (SSSR count). The zero-order valence-corrected chi connectivity index (χ0v) is 46.9. The molecule has 79 heavy (non-hydrogen) atoms. The summed E-state index contributed by atoms with van der Waals surface area (Å²) in [6, 6.07) is 87.8. The van der Waals surface area contributed by atoms with Crippen LogP contribution in [-0.4, -0.2) is 6.71 Å². The number of anilines is 6. The largest absolute Gasteiger partial charge is 0.311 e. The Bertz CT molecular complexity index is 4330. The maximum atomic E-state index is 2.61. The van der Waals surface area contributed by atoms with Gasteiger partial charge in [0, 0.05) is 34.1 Å². The molecule has 2 aliphatic rings. The highest BCUT2D eigenvalue weighted by Crippen LogP contribution is 2.50. The average molecular weight is 1020 g/mol. The second kappa shape index (κ2) is 17.9. The summed E-state index contributed by atoms with van der Waals surface area (Å²) in [7, 11) is 0. The van der Waals surface area contributed by atoms with Gasteiger partial charge in [0.1, 0.15) is 0 Å². The van der Waals surface area contributed by atoms with Gasteiger partial charge in [-0.1, -0.05) is 232 Å². The first kappa shape index (κ1) is 48.7. The van der Waals surface area contributed by atoms with Crippen molar-refractivity contribution in [1.82, 2.24) is 0 Å². The molecule has 0 N–H and O–H groups in total. The molecule has 0 radical (unpaired) electrons. The van der Waals surface area contributed by atoms with Crippen molar-refractivity contribution >= 4 is 89.5 Å². The van der Waals surface area contributed by atoms with E-state index in [0.29, 0.717) is 0 Å². The lowest BCUT2D eigenvalue weighted by Gasteiger charge is -2.45. The summed E-state index contributed by atoms with van der Waals surface area (Å²) < 4.78 is 0. The Hall–Kier alpha value is -8.66. The number of rotatable bonds is 6. The van der Waals surface area contributed by atoms with Gasteiger partial charge < -0.3 is 9.80 Å². The number of hydrogen-bond acceptors (Lipinski definition) is 2. The summed E-state index contributed by atoms with van der Waals surface area (Å²) in [4.78, 5) is 5.17. The van der Waals surface area contributed by atoms with Crippen molar-refractivity contribution in [2.45, 2.75) is 78.6 Å². The van der Waals surface area contributed by atoms with E-state index in [-0.39, 0.29) is 23.0 Å². The Balaban J connectivity index is 1.07. The summed E-state index contributed by atoms with van der Waals surface area (Å²) in [5.74, 6) is 0. The molecule has 0 bridgehead atoms. The third-order valence-corrected chi connectivity index (χ3v) is 17.2. The van der Waals surface area contributed by atoms with Crippen molar-refractivity contribution in [3.8, 4) is 44.5 Å². The van der Waals surface area contributed by atoms with Crippen LogP contribution in [0.3, 0.4) is 0 Å². The first-order valence-corrected chi connectivity index (χ1v) is 28.3. The molecule has 0 saturated carbocycles. The van der Waals surface area contributed by atoms with Crippen LogP contribution in [0.15, 0.2) is 231 Å². The van der Waals surface area contributed by atoms with Crippen LogP contribution < -0.4 is 26.2 Å². The summed E-state index contributed by atoms with van der Waals surface area (Å²) in [5.41, 5.74) is 24.5. The van der Waals surface area contributed by atoms with Gasteiger partial charge in [-0.25, -0.2) is 0 Å². The lowest BCUT2D eigenvalue weighted by atomic mass is 9.33. The molecule has 2 heterocycles. The Kier molecular flexibility index (Phi) is 11.1. The maximum absolute atomic E-state index is 2.61. The van der Waals surface area contributed by atoms with E-state index in [1.54, 1.807) is 0 Å². The average Bonchev–Trinajstić information content (AvgIpc) is 3.42. The normalized spacial score (nSPS) is 13.3. The van der Waals surface area contributed by atoms with Gasteiger partial charge in [-0.2, -0.15) is 0 Å². The lowest BCUT2D eigenvalue weighted by molar-refractivity contribution is 0.590. The van der Waals surface area contributed by atoms with Gasteiger partial charge >= 0.3 is 0 Å². The molecule has 12 aromatic rings. The van der Waals surface area contributed by atoms with Gasteiger partial charge in [0.15, 0.2) is 0 Å². The maximum Gasteiger partial charge on any atom is 0.252 e. The van der Waals surface area contributed by atoms with Gasteiger partial charge in [0.25, 0.3) is 6.71 Å². The van der Waals surface area contributed by atoms with E-state index in [9.17, 15) is 0 Å². The van der Waals surface area contributed by atoms with Crippen molar-refractivity contribution in [2.75, 3.05) is 9.80 Å². The minimum Gasteiger partial charge on any atom is -0.311 e. The van der Waals surface area contributed by atoms with Crippen LogP contribution in [0.5, 0.6) is 0 Å². The minimum absolute atomic E-state index is 0.0115. The van der Waals surface area contributed by atoms with Crippen molar-refractivity contribution < 1.29 is 0 Å². The zero-order valence-electron chi connectivity index (χ0n) is 46.9. The summed E-state index contributed by atoms with van der Waals surface area (Å²) in [6.45, 7) is 21.1. The summed E-state index contributed by atoms with van der Waals surface area (Å²) in [6.07, 6.45) is 0. The standard InChI is InChI=1S/C76H65BN2/c1-74(2,3)58-39-55-25-26-56-40-59(75(4,5)6)45-64-63(42-57(41-58)71(55)72(56)64)54-31-37-65-68(44-54)79(62-35-29-52(30-36-62)49-21-15-11-16-22-49)70-47-60(76(7,8)9)46-69-73(70)77(65)66-43-53(50-23-17-12-18-24-50)32-38-67(66)78(69)61-33-27-51(28-34-61)48-19-13-10-14-20-48/h10-47H,1-9H3. The van der Waals surface area contributed by atoms with E-state index in [2.05, 4.69) is 303 Å². The van der Waals surface area contributed by atoms with E-state index in [1.165, 1.54) is 133 Å². The smallest absolute Gasteiger partial charge is 0.252 e. The second-order valence-corrected chi connectivity index (χ2v) is 25.4. The second-order valence-electron chi connectivity index (χ2n) is 25.4. The number of nitrogens with zero attached hydrogens (tertiary/aromatic N) is 2. The monoisotopic (exact) mass is 1020 g/mol. The van der Waals surface area contributed by atoms with Gasteiger partial charge in [-0.3, -0.25) is 0 Å². The SMILES string of the molecule is CC(C)(C)c1cc2c3c(c1)N(c1ccc(-c4ccccc4)cc1)c1cc(-c4cc5cc(C(C)(C)C)cc6ccc7cc(C(C)(C)C)cc4c7c65)ccc1B3c1cc(-c3ccccc3)ccc1N2c1ccc(-c2ccccc2)cc1. The van der Waals surface area contributed by atoms with Gasteiger partial charge in [-0.15, -0.1) is 0 Å². The molecule has 0 aliphatic carbocycles. The molecule has 382 valence electrons. The molecule has 0 fully saturated rings. The molecule has 2 nitrogen and oxygen atoms in total. The molecule has 0 aromatic heterocycles. The van der Waals surface area contributed by atoms with E-state index in [4.69, 9.17) is 0 Å². The predicted molar refractivity (Wildman–Crippen MR) is 342 cm³/mol. The van der Waals surface area contributed by atoms with Crippen molar-refractivity contribution in [1.29, 1.82) is 0 Å². The predicted octanol–water partition coefficient (Wildman–Crippen LogP) is 19.2. The van der Waals surface area contributed by atoms with E-state index >= 15 is 0 Å². The van der Waals surface area contributed by atoms with Crippen molar-refractivity contribution in [3.63, 3.8) is 0 Å². The van der Waals surface area contributed by atoms with Crippen LogP contribution in [0, 0.1) is 0 Å². The Labute approximate surface area is 467 Å². The molecule has 0 amide bonds. The minimum atomic E-state index is -0.164. The topological polar surface area (TPSA) is 6.48 Å². The number of hydrogen-bond donors (Lipinski definition) is 0. The van der Waals surface area contributed by atoms with E-state index in [0.717, 1.165) is 11.4 Å². The highest BCUT2D eigenvalue weighted by atomic mass is 15.2. The molecule has 12 aromatic carbocycles. The van der Waals surface area contributed by atoms with Crippen LogP contribution in [0.25, 0.3) is 76.8 Å². The van der Waals surface area contributed by atoms with Crippen LogP contribution in [-0.2, 0) is 16.2 Å². The Morgan fingerprint density at radius 1 is 0.291 bits per heavy atom. The highest BCUT2D eigenvalue weighted by Gasteiger charge is 2.44. The molecule has 0 atom stereocenters. The quantitative estimate of drug-likeness (QED) is 0.121. The Morgan fingerprint density at radius 2 is 0.722 bits per heavy atom. The fourth-order valence-electron chi connectivity index (χ4n) is 12.9. The van der Waals surface area contributed by atoms with Gasteiger partial charge in [0.05, 0.1) is 0 Å². The van der Waals surface area contributed by atoms with Crippen molar-refractivity contribution in [2.24, 2.45) is 0 Å². The van der Waals surface area contributed by atoms with Gasteiger partial charge in [0.2, 0.25) is 0 Å². The molecule has 0 saturated heterocycles. The fourth-order valence-corrected chi connectivity index (χ4v) is 12.9. The summed E-state index contributed by atoms with van der Waals surface area (Å²) in [5, 5.41) is 7.90. The lowest BCUT2D eigenvalue weighted by Crippen LogP contribution is -2.61. The zero-order chi connectivity index (χ0) is 54.1. The number of fused-ring (bicyclic) bond motifs is 4. The van der Waals surface area contributed by atoms with Crippen LogP contribution in [0.4, 0.5) is 34.1 Å². The van der Waals surface area contributed by atoms with E-state index in [1.807, 2.05) is 0 Å². The fraction of sp³-hybridized carbons (Fsp3) is 0.158. The van der Waals surface area contributed by atoms with Crippen molar-refractivity contribution in [3.05, 3.63) is 247 Å². The van der Waals surface area contributed by atoms with Crippen LogP contribution in [0.1, 0.15) is 79.0 Å². The molecule has 2 aliphatic heterocycles. The van der Waals surface area contributed by atoms with Crippen LogP contribution in [0.2, 0.25) is 0 Å². The molecular formula is C76H65BN2. The molecule has 3 heteroatoms. The highest BCUT2D eigenvalue weighted by molar-refractivity contribution is 7.00. The third kappa shape index (κ3) is 8.16. The first-order chi connectivity index (χ1) is 38.0. The van der Waals surface area contributed by atoms with Gasteiger partial charge in [-0.05, 0) is 187 Å². The molecule has 0 spiro atoms. The van der Waals surface area contributed by atoms with E-state index < -0.39 is 0 Å². The Morgan fingerprint density at radius 3 is 1.25 bits per heavy atom. The summed E-state index contributed by atoms with van der Waals surface area (Å²) >= 11 is 0. The molecular weight excluding hydrogens is 952 g/mol. The number of benzene rings is 12. The first-order valence-electron chi connectivity index (χ1n) is 28.3. The molecule has 0 unspecified atom stereocenters.